The topological polar surface area (TPSA) is 198 Å². The van der Waals surface area contributed by atoms with Gasteiger partial charge in [0.15, 0.2) is 0 Å². The predicted octanol–water partition coefficient (Wildman–Crippen LogP) is -0.795. The van der Waals surface area contributed by atoms with Crippen LogP contribution in [0.3, 0.4) is 0 Å². The smallest absolute Gasteiger partial charge is 0.870 e. The first-order valence-corrected chi connectivity index (χ1v) is 14.1. The molecule has 2 heterocycles. The molecule has 4 rings (SSSR count). The molecule has 0 aliphatic carbocycles. The van der Waals surface area contributed by atoms with Crippen molar-refractivity contribution in [3.8, 4) is 0 Å². The Hall–Kier alpha value is -2.60. The maximum Gasteiger partial charge on any atom is 1.00 e. The molecule has 38 heavy (non-hydrogen) atoms. The maximum atomic E-state index is 11.9. The van der Waals surface area contributed by atoms with E-state index in [1.165, 1.54) is 21.8 Å². The average Bonchev–Trinajstić information content (AvgIpc) is 3.33. The Kier molecular flexibility index (Phi) is 13.0. The number of ether oxygens (including phenoxy) is 1. The molecular weight excluding hydrogens is 535 g/mol. The number of hydrogen-bond acceptors (Lipinski definition) is 9. The Morgan fingerprint density at radius 2 is 1.18 bits per heavy atom. The van der Waals surface area contributed by atoms with Gasteiger partial charge >= 0.3 is 30.8 Å². The van der Waals surface area contributed by atoms with Gasteiger partial charge in [0.1, 0.15) is 0 Å². The molecule has 0 amide bonds. The number of benzene rings is 2. The van der Waals surface area contributed by atoms with Crippen molar-refractivity contribution in [3.05, 3.63) is 58.7 Å². The van der Waals surface area contributed by atoms with E-state index in [-0.39, 0.29) is 52.6 Å². The summed E-state index contributed by atoms with van der Waals surface area (Å²) in [7, 11) is -5.35. The number of hydrogen-bond donors (Lipinski definition) is 1. The molecule has 0 atom stereocenters. The zero-order chi connectivity index (χ0) is 26.0. The summed E-state index contributed by atoms with van der Waals surface area (Å²) in [5, 5.41) is 9.10. The molecule has 0 aromatic heterocycles. The summed E-state index contributed by atoms with van der Waals surface area (Å²) in [6.07, 6.45) is 1.12. The van der Waals surface area contributed by atoms with Crippen LogP contribution in [0.25, 0.3) is 0 Å². The maximum absolute atomic E-state index is 11.9. The van der Waals surface area contributed by atoms with Gasteiger partial charge in [-0.3, -0.25) is 8.61 Å². The quantitative estimate of drug-likeness (QED) is 0.362. The van der Waals surface area contributed by atoms with Crippen LogP contribution < -0.4 is 27.5 Å². The first-order chi connectivity index (χ1) is 16.4. The molecule has 2 aliphatic rings. The van der Waals surface area contributed by atoms with Crippen LogP contribution in [0.15, 0.2) is 36.4 Å². The van der Waals surface area contributed by atoms with E-state index >= 15 is 0 Å². The van der Waals surface area contributed by atoms with Crippen LogP contribution in [-0.2, 0) is 24.8 Å². The second kappa shape index (κ2) is 14.0. The number of rotatable bonds is 4. The van der Waals surface area contributed by atoms with Gasteiger partial charge in [0.2, 0.25) is 20.0 Å². The summed E-state index contributed by atoms with van der Waals surface area (Å²) < 4.78 is 54.5. The molecule has 2 fully saturated rings. The number of methoxy groups -OCH3 is 1. The predicted molar refractivity (Wildman–Crippen MR) is 136 cm³/mol. The Bertz CT molecular complexity index is 1360. The van der Waals surface area contributed by atoms with Gasteiger partial charge in [-0.15, -0.1) is 0 Å². The minimum atomic E-state index is -3.34. The number of aromatic carboxylic acids is 1. The minimum absolute atomic E-state index is 0. The van der Waals surface area contributed by atoms with Gasteiger partial charge in [-0.2, -0.15) is 0 Å². The second-order valence-electron chi connectivity index (χ2n) is 8.32. The first-order valence-electron chi connectivity index (χ1n) is 10.9. The molecule has 15 heteroatoms. The summed E-state index contributed by atoms with van der Waals surface area (Å²) in [6.45, 7) is 4.38. The molecule has 0 radical (unpaired) electrons. The van der Waals surface area contributed by atoms with Gasteiger partial charge in [-0.1, -0.05) is 23.3 Å². The van der Waals surface area contributed by atoms with Crippen molar-refractivity contribution in [3.63, 3.8) is 0 Å². The number of anilines is 2. The van der Waals surface area contributed by atoms with Crippen molar-refractivity contribution in [2.75, 3.05) is 40.3 Å². The standard InChI is InChI=1S/C12H15NO4S.C11H13NO4S.Li.2H2O/c1-9-4-5-11(10(8-9)12(14)17-2)13-6-3-7-18(13,15)16;1-8-3-4-10(9(7-8)11(13)14)12-5-2-6-17(12,15)16;;;/h4-5,8H,3,6-7H2,1-2H3;3-4,7H,2,5-6H2,1H3,(H,13,14);;2*1H2/q;;+1;;/p-2. The summed E-state index contributed by atoms with van der Waals surface area (Å²) >= 11 is 0. The third kappa shape index (κ3) is 7.72. The van der Waals surface area contributed by atoms with Gasteiger partial charge in [0.05, 0.1) is 41.1 Å². The van der Waals surface area contributed by atoms with E-state index in [1.54, 1.807) is 37.3 Å². The Balaban J connectivity index is 0.000000669. The molecule has 12 nitrogen and oxygen atoms in total. The Labute approximate surface area is 234 Å². The third-order valence-corrected chi connectivity index (χ3v) is 9.39. The number of esters is 1. The van der Waals surface area contributed by atoms with E-state index in [9.17, 15) is 26.4 Å². The molecular formula is C23H30LiN2O10S2-. The van der Waals surface area contributed by atoms with E-state index in [2.05, 4.69) is 0 Å². The zero-order valence-electron chi connectivity index (χ0n) is 21.6. The van der Waals surface area contributed by atoms with Crippen LogP contribution in [0.5, 0.6) is 0 Å². The largest absolute Gasteiger partial charge is 1.00 e. The fraction of sp³-hybridized carbons (Fsp3) is 0.391. The molecule has 206 valence electrons. The van der Waals surface area contributed by atoms with Crippen molar-refractivity contribution < 1.29 is 66.1 Å². The van der Waals surface area contributed by atoms with E-state index < -0.39 is 32.0 Å². The molecule has 0 bridgehead atoms. The van der Waals surface area contributed by atoms with Crippen LogP contribution >= 0.6 is 0 Å². The van der Waals surface area contributed by atoms with Gasteiger partial charge in [0, 0.05) is 13.1 Å². The van der Waals surface area contributed by atoms with Crippen LogP contribution in [0.1, 0.15) is 44.7 Å². The monoisotopic (exact) mass is 565 g/mol. The summed E-state index contributed by atoms with van der Waals surface area (Å²) in [5.74, 6) is -1.41. The molecule has 3 N–H and O–H groups in total. The number of carboxylic acids is 1. The van der Waals surface area contributed by atoms with Gasteiger partial charge in [-0.05, 0) is 51.0 Å². The zero-order valence-corrected chi connectivity index (χ0v) is 23.3. The summed E-state index contributed by atoms with van der Waals surface area (Å²) in [5.41, 5.74) is 2.68. The number of carboxylic acid groups (broad SMARTS) is 1. The first kappa shape index (κ1) is 35.4. The van der Waals surface area contributed by atoms with Crippen molar-refractivity contribution in [2.45, 2.75) is 26.7 Å². The number of carbonyl (C=O) groups excluding carboxylic acids is 1. The van der Waals surface area contributed by atoms with Gasteiger partial charge in [0.25, 0.3) is 0 Å². The van der Waals surface area contributed by atoms with Crippen molar-refractivity contribution in [1.29, 1.82) is 0 Å². The molecule has 0 saturated carbocycles. The number of carbonyl (C=O) groups is 2. The van der Waals surface area contributed by atoms with Crippen LogP contribution in [0.2, 0.25) is 0 Å². The van der Waals surface area contributed by atoms with Crippen molar-refractivity contribution in [1.82, 2.24) is 0 Å². The minimum Gasteiger partial charge on any atom is -0.870 e. The van der Waals surface area contributed by atoms with Gasteiger partial charge < -0.3 is 20.8 Å². The average molecular weight is 566 g/mol. The normalized spacial score (nSPS) is 16.6. The van der Waals surface area contributed by atoms with E-state index in [1.807, 2.05) is 6.92 Å². The van der Waals surface area contributed by atoms with Crippen molar-refractivity contribution >= 4 is 43.4 Å². The van der Waals surface area contributed by atoms with Crippen LogP contribution in [0.4, 0.5) is 11.4 Å². The number of nitrogens with zero attached hydrogens (tertiary/aromatic N) is 2. The van der Waals surface area contributed by atoms with Gasteiger partial charge in [-0.25, -0.2) is 26.4 Å². The molecule has 2 aromatic carbocycles. The Morgan fingerprint density at radius 1 is 0.789 bits per heavy atom. The van der Waals surface area contributed by atoms with Crippen LogP contribution in [-0.4, -0.2) is 76.5 Å². The molecule has 2 saturated heterocycles. The SMILES string of the molecule is COC(=O)c1cc(C)ccc1N1CCCS1(=O)=O.Cc1ccc(N2CCCS2(=O)=O)c(C(=O)O)c1.[Li+].[OH-].[OH-]. The van der Waals surface area contributed by atoms with E-state index in [0.29, 0.717) is 37.2 Å². The van der Waals surface area contributed by atoms with Crippen LogP contribution in [0, 0.1) is 13.8 Å². The second-order valence-corrected chi connectivity index (χ2v) is 12.3. The number of aryl methyl sites for hydroxylation is 2. The van der Waals surface area contributed by atoms with E-state index in [4.69, 9.17) is 9.84 Å². The summed E-state index contributed by atoms with van der Waals surface area (Å²) in [4.78, 5) is 22.8. The molecule has 0 spiro atoms. The molecule has 0 unspecified atom stereocenters. The Morgan fingerprint density at radius 3 is 1.53 bits per heavy atom. The fourth-order valence-electron chi connectivity index (χ4n) is 4.00. The van der Waals surface area contributed by atoms with E-state index in [0.717, 1.165) is 11.1 Å². The summed E-state index contributed by atoms with van der Waals surface area (Å²) in [6, 6.07) is 9.86. The van der Waals surface area contributed by atoms with Crippen molar-refractivity contribution in [2.24, 2.45) is 0 Å². The molecule has 2 aliphatic heterocycles. The third-order valence-electron chi connectivity index (χ3n) is 5.68. The molecule has 2 aromatic rings. The number of sulfonamides is 2. The fourth-order valence-corrected chi connectivity index (χ4v) is 7.16.